The van der Waals surface area contributed by atoms with E-state index in [1.807, 2.05) is 0 Å². The van der Waals surface area contributed by atoms with Gasteiger partial charge in [0.05, 0.1) is 10.6 Å². The molecule has 0 fully saturated rings. The van der Waals surface area contributed by atoms with Crippen molar-refractivity contribution in [3.8, 4) is 0 Å². The van der Waals surface area contributed by atoms with E-state index in [0.717, 1.165) is 22.1 Å². The van der Waals surface area contributed by atoms with Crippen molar-refractivity contribution in [3.05, 3.63) is 39.9 Å². The maximum atomic E-state index is 10.5. The minimum Gasteiger partial charge on any atom is -0.391 e. The van der Waals surface area contributed by atoms with Gasteiger partial charge in [-0.3, -0.25) is 10.1 Å². The second kappa shape index (κ2) is 4.77. The Balaban J connectivity index is 2.14. The van der Waals surface area contributed by atoms with Gasteiger partial charge < -0.3 is 4.84 Å². The van der Waals surface area contributed by atoms with Gasteiger partial charge in [-0.15, -0.1) is 0 Å². The number of rotatable bonds is 3. The van der Waals surface area contributed by atoms with Crippen LogP contribution in [0.3, 0.4) is 0 Å². The van der Waals surface area contributed by atoms with Gasteiger partial charge in [-0.2, -0.15) is 0 Å². The summed E-state index contributed by atoms with van der Waals surface area (Å²) in [6.07, 6.45) is 0.895. The molecule has 1 unspecified atom stereocenters. The third kappa shape index (κ3) is 2.31. The fourth-order valence-electron chi connectivity index (χ4n) is 1.46. The van der Waals surface area contributed by atoms with E-state index in [2.05, 4.69) is 27.7 Å². The van der Waals surface area contributed by atoms with E-state index in [-0.39, 0.29) is 11.8 Å². The number of nitro benzene ring substituents is 1. The molecule has 5 nitrogen and oxygen atoms in total. The number of nitro groups is 1. The van der Waals surface area contributed by atoms with Crippen LogP contribution >= 0.6 is 22.6 Å². The van der Waals surface area contributed by atoms with E-state index in [9.17, 15) is 10.1 Å². The minimum absolute atomic E-state index is 0.0914. The van der Waals surface area contributed by atoms with E-state index in [1.54, 1.807) is 12.1 Å². The Hall–Kier alpha value is -1.18. The lowest BCUT2D eigenvalue weighted by Gasteiger charge is -2.01. The van der Waals surface area contributed by atoms with Gasteiger partial charge in [-0.05, 0) is 17.7 Å². The zero-order chi connectivity index (χ0) is 11.5. The average molecular weight is 332 g/mol. The third-order valence-corrected chi connectivity index (χ3v) is 3.30. The van der Waals surface area contributed by atoms with Gasteiger partial charge in [0.15, 0.2) is 0 Å². The van der Waals surface area contributed by atoms with Gasteiger partial charge in [-0.25, -0.2) is 0 Å². The van der Waals surface area contributed by atoms with E-state index >= 15 is 0 Å². The summed E-state index contributed by atoms with van der Waals surface area (Å²) in [7, 11) is 0. The van der Waals surface area contributed by atoms with E-state index < -0.39 is 4.92 Å². The maximum absolute atomic E-state index is 10.5. The van der Waals surface area contributed by atoms with Crippen LogP contribution in [0.5, 0.6) is 0 Å². The minimum atomic E-state index is -0.412. The van der Waals surface area contributed by atoms with E-state index in [0.29, 0.717) is 0 Å². The lowest BCUT2D eigenvalue weighted by Crippen LogP contribution is -2.09. The first-order valence-electron chi connectivity index (χ1n) is 4.74. The highest BCUT2D eigenvalue weighted by atomic mass is 127. The molecule has 0 amide bonds. The first-order valence-corrected chi connectivity index (χ1v) is 6.26. The number of nitrogens with zero attached hydrogens (tertiary/aromatic N) is 2. The Morgan fingerprint density at radius 2 is 2.19 bits per heavy atom. The van der Waals surface area contributed by atoms with Crippen molar-refractivity contribution in [2.24, 2.45) is 5.16 Å². The second-order valence-electron chi connectivity index (χ2n) is 3.43. The van der Waals surface area contributed by atoms with E-state index in [1.165, 1.54) is 12.1 Å². The number of halogens is 1. The summed E-state index contributed by atoms with van der Waals surface area (Å²) in [4.78, 5) is 15.3. The third-order valence-electron chi connectivity index (χ3n) is 2.32. The van der Waals surface area contributed by atoms with Crippen molar-refractivity contribution >= 4 is 34.0 Å². The molecule has 0 spiro atoms. The monoisotopic (exact) mass is 332 g/mol. The topological polar surface area (TPSA) is 64.7 Å². The molecule has 0 saturated carbocycles. The van der Waals surface area contributed by atoms with Crippen LogP contribution in [-0.2, 0) is 4.84 Å². The lowest BCUT2D eigenvalue weighted by atomic mass is 10.1. The predicted octanol–water partition coefficient (Wildman–Crippen LogP) is 2.52. The number of hydrogen-bond donors (Lipinski definition) is 0. The van der Waals surface area contributed by atoms with Gasteiger partial charge in [0.2, 0.25) is 0 Å². The van der Waals surface area contributed by atoms with E-state index in [4.69, 9.17) is 4.84 Å². The van der Waals surface area contributed by atoms with Crippen molar-refractivity contribution in [2.45, 2.75) is 12.5 Å². The molecule has 0 aliphatic carbocycles. The fourth-order valence-corrected chi connectivity index (χ4v) is 1.93. The number of benzene rings is 1. The number of oxime groups is 1. The zero-order valence-electron chi connectivity index (χ0n) is 8.30. The van der Waals surface area contributed by atoms with Gasteiger partial charge >= 0.3 is 0 Å². The fraction of sp³-hybridized carbons (Fsp3) is 0.300. The van der Waals surface area contributed by atoms with Crippen molar-refractivity contribution in [1.82, 2.24) is 0 Å². The van der Waals surface area contributed by atoms with Crippen LogP contribution in [0, 0.1) is 10.1 Å². The van der Waals surface area contributed by atoms with Crippen molar-refractivity contribution in [3.63, 3.8) is 0 Å². The summed E-state index contributed by atoms with van der Waals surface area (Å²) >= 11 is 2.25. The Morgan fingerprint density at radius 1 is 1.50 bits per heavy atom. The highest BCUT2D eigenvalue weighted by Crippen LogP contribution is 2.20. The quantitative estimate of drug-likeness (QED) is 0.370. The van der Waals surface area contributed by atoms with Crippen molar-refractivity contribution in [2.75, 3.05) is 4.43 Å². The average Bonchev–Trinajstić information content (AvgIpc) is 2.77. The Labute approximate surface area is 106 Å². The van der Waals surface area contributed by atoms with Crippen LogP contribution in [-0.4, -0.2) is 21.2 Å². The summed E-state index contributed by atoms with van der Waals surface area (Å²) < 4.78 is 0.887. The molecular weight excluding hydrogens is 323 g/mol. The van der Waals surface area contributed by atoms with Gasteiger partial charge in [-0.1, -0.05) is 27.7 Å². The first-order chi connectivity index (χ1) is 7.70. The van der Waals surface area contributed by atoms with Crippen LogP contribution < -0.4 is 0 Å². The molecule has 0 aromatic heterocycles. The van der Waals surface area contributed by atoms with Gasteiger partial charge in [0.1, 0.15) is 6.10 Å². The molecule has 6 heteroatoms. The molecule has 0 N–H and O–H groups in total. The molecule has 1 aromatic carbocycles. The van der Waals surface area contributed by atoms with Crippen LogP contribution in [0.15, 0.2) is 29.4 Å². The Morgan fingerprint density at radius 3 is 2.69 bits per heavy atom. The SMILES string of the molecule is O=[N+]([O-])c1ccc(C2=NOC(CI)C2)cc1. The summed E-state index contributed by atoms with van der Waals surface area (Å²) in [6.45, 7) is 0. The lowest BCUT2D eigenvalue weighted by molar-refractivity contribution is -0.384. The summed E-state index contributed by atoms with van der Waals surface area (Å²) in [5, 5.41) is 14.5. The smallest absolute Gasteiger partial charge is 0.269 e. The molecule has 84 valence electrons. The predicted molar refractivity (Wildman–Crippen MR) is 68.0 cm³/mol. The molecule has 0 radical (unpaired) electrons. The Bertz CT molecular complexity index is 430. The molecule has 1 aromatic rings. The second-order valence-corrected chi connectivity index (χ2v) is 4.31. The van der Waals surface area contributed by atoms with Gasteiger partial charge in [0, 0.05) is 23.0 Å². The first kappa shape index (κ1) is 11.3. The highest BCUT2D eigenvalue weighted by Gasteiger charge is 2.21. The van der Waals surface area contributed by atoms with Crippen molar-refractivity contribution in [1.29, 1.82) is 0 Å². The van der Waals surface area contributed by atoms with Crippen molar-refractivity contribution < 1.29 is 9.76 Å². The largest absolute Gasteiger partial charge is 0.391 e. The molecule has 1 atom stereocenters. The molecular formula is C10H9IN2O3. The van der Waals surface area contributed by atoms with Gasteiger partial charge in [0.25, 0.3) is 5.69 Å². The summed E-state index contributed by atoms with van der Waals surface area (Å²) in [5.74, 6) is 0. The molecule has 1 aliphatic heterocycles. The van der Waals surface area contributed by atoms with Crippen LogP contribution in [0.25, 0.3) is 0 Å². The maximum Gasteiger partial charge on any atom is 0.269 e. The zero-order valence-corrected chi connectivity index (χ0v) is 10.5. The molecule has 1 aliphatic rings. The molecule has 0 saturated heterocycles. The normalized spacial score (nSPS) is 19.1. The number of alkyl halides is 1. The molecule has 1 heterocycles. The molecule has 2 rings (SSSR count). The summed E-state index contributed by atoms with van der Waals surface area (Å²) in [6, 6.07) is 6.37. The molecule has 0 bridgehead atoms. The Kier molecular flexibility index (Phi) is 3.37. The van der Waals surface area contributed by atoms with Crippen LogP contribution in [0.4, 0.5) is 5.69 Å². The summed E-state index contributed by atoms with van der Waals surface area (Å²) in [5.41, 5.74) is 1.84. The highest BCUT2D eigenvalue weighted by molar-refractivity contribution is 14.1. The van der Waals surface area contributed by atoms with Crippen LogP contribution in [0.2, 0.25) is 0 Å². The standard InChI is InChI=1S/C10H9IN2O3/c11-6-9-5-10(12-16-9)7-1-3-8(4-2-7)13(14)15/h1-4,9H,5-6H2. The number of hydrogen-bond acceptors (Lipinski definition) is 4. The van der Waals surface area contributed by atoms with Crippen LogP contribution in [0.1, 0.15) is 12.0 Å². The number of non-ortho nitro benzene ring substituents is 1. The molecule has 16 heavy (non-hydrogen) atoms.